The summed E-state index contributed by atoms with van der Waals surface area (Å²) in [5.74, 6) is 1.01. The zero-order valence-electron chi connectivity index (χ0n) is 15.2. The molecule has 1 heterocycles. The summed E-state index contributed by atoms with van der Waals surface area (Å²) in [7, 11) is 1.58. The van der Waals surface area contributed by atoms with E-state index in [1.165, 1.54) is 0 Å². The molecule has 0 bridgehead atoms. The van der Waals surface area contributed by atoms with Crippen molar-refractivity contribution in [1.29, 1.82) is 0 Å². The minimum absolute atomic E-state index is 0.189. The average Bonchev–Trinajstić information content (AvgIpc) is 2.69. The SMILES string of the molecule is COc1cc(CNCc2ccncc2)cc(Cl)c1OCc1c(Cl)cccc1Cl. The molecule has 0 fully saturated rings. The average molecular weight is 438 g/mol. The molecule has 0 aliphatic carbocycles. The fraction of sp³-hybridized carbons (Fsp3) is 0.190. The highest BCUT2D eigenvalue weighted by Gasteiger charge is 2.14. The number of hydrogen-bond donors (Lipinski definition) is 1. The van der Waals surface area contributed by atoms with Crippen LogP contribution in [-0.4, -0.2) is 12.1 Å². The topological polar surface area (TPSA) is 43.4 Å². The highest BCUT2D eigenvalue weighted by Crippen LogP contribution is 2.38. The molecule has 1 N–H and O–H groups in total. The van der Waals surface area contributed by atoms with Crippen LogP contribution in [0, 0.1) is 0 Å². The second-order valence-corrected chi connectivity index (χ2v) is 7.28. The molecule has 0 unspecified atom stereocenters. The first-order valence-electron chi connectivity index (χ1n) is 8.60. The van der Waals surface area contributed by atoms with Crippen LogP contribution in [0.2, 0.25) is 15.1 Å². The van der Waals surface area contributed by atoms with Gasteiger partial charge in [-0.15, -0.1) is 0 Å². The fourth-order valence-electron chi connectivity index (χ4n) is 2.68. The Morgan fingerprint density at radius 1 is 0.893 bits per heavy atom. The van der Waals surface area contributed by atoms with E-state index >= 15 is 0 Å². The van der Waals surface area contributed by atoms with Gasteiger partial charge in [-0.05, 0) is 47.5 Å². The summed E-state index contributed by atoms with van der Waals surface area (Å²) in [5.41, 5.74) is 2.84. The molecule has 3 aromatic rings. The van der Waals surface area contributed by atoms with E-state index in [-0.39, 0.29) is 6.61 Å². The van der Waals surface area contributed by atoms with Gasteiger partial charge in [-0.25, -0.2) is 0 Å². The number of benzene rings is 2. The number of methoxy groups -OCH3 is 1. The van der Waals surface area contributed by atoms with Crippen LogP contribution in [0.15, 0.2) is 54.9 Å². The molecule has 146 valence electrons. The van der Waals surface area contributed by atoms with Crippen molar-refractivity contribution in [3.8, 4) is 11.5 Å². The van der Waals surface area contributed by atoms with Gasteiger partial charge in [0.25, 0.3) is 0 Å². The lowest BCUT2D eigenvalue weighted by Crippen LogP contribution is -2.13. The van der Waals surface area contributed by atoms with E-state index in [1.807, 2.05) is 24.3 Å². The van der Waals surface area contributed by atoms with E-state index in [0.29, 0.717) is 38.7 Å². The van der Waals surface area contributed by atoms with Crippen LogP contribution in [-0.2, 0) is 19.7 Å². The third kappa shape index (κ3) is 5.30. The van der Waals surface area contributed by atoms with Gasteiger partial charge in [0.2, 0.25) is 0 Å². The van der Waals surface area contributed by atoms with E-state index in [2.05, 4.69) is 10.3 Å². The molecule has 2 aromatic carbocycles. The maximum Gasteiger partial charge on any atom is 0.180 e. The number of pyridine rings is 1. The lowest BCUT2D eigenvalue weighted by atomic mass is 10.2. The van der Waals surface area contributed by atoms with E-state index in [0.717, 1.165) is 17.7 Å². The van der Waals surface area contributed by atoms with Crippen LogP contribution >= 0.6 is 34.8 Å². The second kappa shape index (κ2) is 9.99. The van der Waals surface area contributed by atoms with Gasteiger partial charge in [-0.2, -0.15) is 0 Å². The van der Waals surface area contributed by atoms with Gasteiger partial charge in [0.15, 0.2) is 11.5 Å². The predicted octanol–water partition coefficient (Wildman–Crippen LogP) is 5.92. The number of rotatable bonds is 8. The summed E-state index contributed by atoms with van der Waals surface area (Å²) < 4.78 is 11.4. The first-order chi connectivity index (χ1) is 13.6. The molecular formula is C21H19Cl3N2O2. The molecule has 0 aliphatic rings. The monoisotopic (exact) mass is 436 g/mol. The lowest BCUT2D eigenvalue weighted by molar-refractivity contribution is 0.284. The van der Waals surface area contributed by atoms with Crippen molar-refractivity contribution in [2.75, 3.05) is 7.11 Å². The molecule has 0 aliphatic heterocycles. The molecule has 0 atom stereocenters. The summed E-state index contributed by atoms with van der Waals surface area (Å²) in [6, 6.07) is 13.0. The predicted molar refractivity (Wildman–Crippen MR) is 114 cm³/mol. The van der Waals surface area contributed by atoms with Crippen molar-refractivity contribution >= 4 is 34.8 Å². The van der Waals surface area contributed by atoms with E-state index < -0.39 is 0 Å². The number of nitrogens with zero attached hydrogens (tertiary/aromatic N) is 1. The second-order valence-electron chi connectivity index (χ2n) is 6.06. The Labute approximate surface area is 179 Å². The number of hydrogen-bond acceptors (Lipinski definition) is 4. The van der Waals surface area contributed by atoms with Gasteiger partial charge in [-0.1, -0.05) is 40.9 Å². The molecule has 0 amide bonds. The number of ether oxygens (including phenoxy) is 2. The van der Waals surface area contributed by atoms with Gasteiger partial charge in [-0.3, -0.25) is 4.98 Å². The third-order valence-electron chi connectivity index (χ3n) is 4.12. The number of aromatic nitrogens is 1. The van der Waals surface area contributed by atoms with Gasteiger partial charge < -0.3 is 14.8 Å². The summed E-state index contributed by atoms with van der Waals surface area (Å²) >= 11 is 18.9. The van der Waals surface area contributed by atoms with Crippen molar-refractivity contribution in [2.24, 2.45) is 0 Å². The molecular weight excluding hydrogens is 419 g/mol. The van der Waals surface area contributed by atoms with Crippen molar-refractivity contribution in [1.82, 2.24) is 10.3 Å². The Bertz CT molecular complexity index is 916. The minimum Gasteiger partial charge on any atom is -0.493 e. The molecule has 28 heavy (non-hydrogen) atoms. The molecule has 7 heteroatoms. The maximum atomic E-state index is 6.45. The third-order valence-corrected chi connectivity index (χ3v) is 5.11. The van der Waals surface area contributed by atoms with Gasteiger partial charge in [0.1, 0.15) is 6.61 Å². The summed E-state index contributed by atoms with van der Waals surface area (Å²) in [6.45, 7) is 1.55. The van der Waals surface area contributed by atoms with Crippen LogP contribution in [0.3, 0.4) is 0 Å². The molecule has 0 radical (unpaired) electrons. The zero-order valence-corrected chi connectivity index (χ0v) is 17.5. The standard InChI is InChI=1S/C21H19Cl3N2O2/c1-27-20-10-15(12-26-11-14-5-7-25-8-6-14)9-19(24)21(20)28-13-16-17(22)3-2-4-18(16)23/h2-10,26H,11-13H2,1H3. The highest BCUT2D eigenvalue weighted by atomic mass is 35.5. The summed E-state index contributed by atoms with van der Waals surface area (Å²) in [4.78, 5) is 4.01. The van der Waals surface area contributed by atoms with Gasteiger partial charge in [0, 0.05) is 41.1 Å². The highest BCUT2D eigenvalue weighted by molar-refractivity contribution is 6.36. The molecule has 3 rings (SSSR count). The zero-order chi connectivity index (χ0) is 19.9. The van der Waals surface area contributed by atoms with Crippen LogP contribution < -0.4 is 14.8 Å². The largest absolute Gasteiger partial charge is 0.493 e. The van der Waals surface area contributed by atoms with E-state index in [9.17, 15) is 0 Å². The quantitative estimate of drug-likeness (QED) is 0.475. The summed E-state index contributed by atoms with van der Waals surface area (Å²) in [6.07, 6.45) is 3.54. The van der Waals surface area contributed by atoms with E-state index in [4.69, 9.17) is 44.3 Å². The van der Waals surface area contributed by atoms with Crippen LogP contribution in [0.25, 0.3) is 0 Å². The Balaban J connectivity index is 1.69. The van der Waals surface area contributed by atoms with E-state index in [1.54, 1.807) is 37.7 Å². The first-order valence-corrected chi connectivity index (χ1v) is 9.73. The Kier molecular flexibility index (Phi) is 7.40. The molecule has 4 nitrogen and oxygen atoms in total. The van der Waals surface area contributed by atoms with Crippen LogP contribution in [0.5, 0.6) is 11.5 Å². The van der Waals surface area contributed by atoms with Crippen molar-refractivity contribution in [3.63, 3.8) is 0 Å². The molecule has 1 aromatic heterocycles. The van der Waals surface area contributed by atoms with Crippen LogP contribution in [0.4, 0.5) is 0 Å². The van der Waals surface area contributed by atoms with Crippen molar-refractivity contribution in [3.05, 3.63) is 86.6 Å². The minimum atomic E-state index is 0.189. The molecule has 0 spiro atoms. The normalized spacial score (nSPS) is 10.7. The number of halogens is 3. The van der Waals surface area contributed by atoms with Crippen molar-refractivity contribution < 1.29 is 9.47 Å². The smallest absolute Gasteiger partial charge is 0.180 e. The lowest BCUT2D eigenvalue weighted by Gasteiger charge is -2.15. The van der Waals surface area contributed by atoms with Crippen LogP contribution in [0.1, 0.15) is 16.7 Å². The van der Waals surface area contributed by atoms with Gasteiger partial charge >= 0.3 is 0 Å². The molecule has 0 saturated carbocycles. The fourth-order valence-corrected chi connectivity index (χ4v) is 3.48. The number of nitrogens with one attached hydrogen (secondary N) is 1. The Hall–Kier alpha value is -1.98. The first kappa shape index (κ1) is 20.7. The Morgan fingerprint density at radius 3 is 2.25 bits per heavy atom. The summed E-state index contributed by atoms with van der Waals surface area (Å²) in [5, 5.41) is 4.91. The van der Waals surface area contributed by atoms with Crippen molar-refractivity contribution in [2.45, 2.75) is 19.7 Å². The Morgan fingerprint density at radius 2 is 1.57 bits per heavy atom. The molecule has 0 saturated heterocycles. The van der Waals surface area contributed by atoms with Gasteiger partial charge in [0.05, 0.1) is 12.1 Å². The maximum absolute atomic E-state index is 6.45.